The van der Waals surface area contributed by atoms with Crippen LogP contribution < -0.4 is 4.74 Å². The number of rotatable bonds is 4. The molecule has 3 nitrogen and oxygen atoms in total. The Morgan fingerprint density at radius 1 is 1.26 bits per heavy atom. The van der Waals surface area contributed by atoms with Gasteiger partial charge in [0.2, 0.25) is 5.88 Å². The van der Waals surface area contributed by atoms with Gasteiger partial charge >= 0.3 is 0 Å². The quantitative estimate of drug-likeness (QED) is 0.924. The monoisotopic (exact) mass is 265 g/mol. The van der Waals surface area contributed by atoms with Gasteiger partial charge in [-0.3, -0.25) is 0 Å². The molecule has 0 radical (unpaired) electrons. The third kappa shape index (κ3) is 3.26. The number of pyridine rings is 1. The van der Waals surface area contributed by atoms with E-state index in [0.717, 1.165) is 12.1 Å². The molecular weight excluding hydrogens is 252 g/mol. The minimum Gasteiger partial charge on any atom is -0.481 e. The number of ether oxygens (including phenoxy) is 1. The van der Waals surface area contributed by atoms with E-state index in [9.17, 15) is 13.9 Å². The molecule has 100 valence electrons. The highest BCUT2D eigenvalue weighted by atomic mass is 19.1. The van der Waals surface area contributed by atoms with Gasteiger partial charge in [-0.2, -0.15) is 0 Å². The van der Waals surface area contributed by atoms with Crippen LogP contribution >= 0.6 is 0 Å². The first-order valence-corrected chi connectivity index (χ1v) is 5.72. The highest BCUT2D eigenvalue weighted by molar-refractivity contribution is 5.24. The van der Waals surface area contributed by atoms with E-state index in [4.69, 9.17) is 4.74 Å². The Balaban J connectivity index is 2.13. The Morgan fingerprint density at radius 3 is 2.63 bits per heavy atom. The van der Waals surface area contributed by atoms with Crippen LogP contribution in [0, 0.1) is 11.6 Å². The van der Waals surface area contributed by atoms with Crippen molar-refractivity contribution in [2.45, 2.75) is 12.5 Å². The van der Waals surface area contributed by atoms with Crippen molar-refractivity contribution in [3.63, 3.8) is 0 Å². The fourth-order valence-electron chi connectivity index (χ4n) is 1.72. The van der Waals surface area contributed by atoms with Crippen LogP contribution in [0.4, 0.5) is 8.78 Å². The lowest BCUT2D eigenvalue weighted by Gasteiger charge is -2.11. The van der Waals surface area contributed by atoms with Crippen molar-refractivity contribution >= 4 is 0 Å². The molecule has 0 fully saturated rings. The molecule has 1 atom stereocenters. The Morgan fingerprint density at radius 2 is 2.05 bits per heavy atom. The molecule has 1 N–H and O–H groups in total. The minimum absolute atomic E-state index is 0.0557. The Bertz CT molecular complexity index is 558. The summed E-state index contributed by atoms with van der Waals surface area (Å²) in [6.45, 7) is 0. The zero-order valence-electron chi connectivity index (χ0n) is 10.3. The first-order chi connectivity index (χ1) is 9.10. The molecule has 1 aromatic heterocycles. The predicted molar refractivity (Wildman–Crippen MR) is 65.8 cm³/mol. The van der Waals surface area contributed by atoms with Crippen molar-refractivity contribution < 1.29 is 18.6 Å². The second kappa shape index (κ2) is 5.75. The molecule has 0 aliphatic heterocycles. The molecule has 19 heavy (non-hydrogen) atoms. The summed E-state index contributed by atoms with van der Waals surface area (Å²) >= 11 is 0. The molecule has 1 unspecified atom stereocenters. The second-order valence-electron chi connectivity index (χ2n) is 4.09. The summed E-state index contributed by atoms with van der Waals surface area (Å²) < 4.78 is 31.1. The average molecular weight is 265 g/mol. The Hall–Kier alpha value is -2.01. The van der Waals surface area contributed by atoms with Gasteiger partial charge in [0.1, 0.15) is 11.6 Å². The number of hydrogen-bond donors (Lipinski definition) is 1. The second-order valence-corrected chi connectivity index (χ2v) is 4.09. The first-order valence-electron chi connectivity index (χ1n) is 5.72. The van der Waals surface area contributed by atoms with Gasteiger partial charge < -0.3 is 9.84 Å². The van der Waals surface area contributed by atoms with Gasteiger partial charge in [0.25, 0.3) is 0 Å². The molecule has 0 aliphatic carbocycles. The highest BCUT2D eigenvalue weighted by Crippen LogP contribution is 2.21. The van der Waals surface area contributed by atoms with Crippen LogP contribution in [0.2, 0.25) is 0 Å². The maximum absolute atomic E-state index is 13.5. The van der Waals surface area contributed by atoms with Crippen LogP contribution in [-0.2, 0) is 6.42 Å². The number of aromatic nitrogens is 1. The third-order valence-corrected chi connectivity index (χ3v) is 2.78. The molecule has 2 aromatic rings. The lowest BCUT2D eigenvalue weighted by molar-refractivity contribution is 0.176. The van der Waals surface area contributed by atoms with E-state index in [1.807, 2.05) is 0 Å². The molecule has 0 bridgehead atoms. The van der Waals surface area contributed by atoms with Crippen molar-refractivity contribution in [2.75, 3.05) is 7.11 Å². The van der Waals surface area contributed by atoms with Gasteiger partial charge in [-0.15, -0.1) is 0 Å². The number of hydrogen-bond acceptors (Lipinski definition) is 3. The van der Waals surface area contributed by atoms with Gasteiger partial charge in [0.05, 0.1) is 13.2 Å². The largest absolute Gasteiger partial charge is 0.481 e. The average Bonchev–Trinajstić information content (AvgIpc) is 2.42. The van der Waals surface area contributed by atoms with Gasteiger partial charge in [-0.25, -0.2) is 13.8 Å². The molecule has 1 aromatic carbocycles. The number of nitrogens with zero attached hydrogens (tertiary/aromatic N) is 1. The van der Waals surface area contributed by atoms with Crippen molar-refractivity contribution in [1.29, 1.82) is 0 Å². The van der Waals surface area contributed by atoms with Crippen LogP contribution in [0.1, 0.15) is 17.2 Å². The predicted octanol–water partition coefficient (Wildman–Crippen LogP) is 2.64. The fraction of sp³-hybridized carbons (Fsp3) is 0.214. The molecule has 0 amide bonds. The van der Waals surface area contributed by atoms with E-state index < -0.39 is 17.7 Å². The van der Waals surface area contributed by atoms with Crippen molar-refractivity contribution in [2.24, 2.45) is 0 Å². The topological polar surface area (TPSA) is 42.4 Å². The minimum atomic E-state index is -0.904. The van der Waals surface area contributed by atoms with Crippen LogP contribution in [0.5, 0.6) is 5.88 Å². The van der Waals surface area contributed by atoms with E-state index in [1.165, 1.54) is 19.4 Å². The molecular formula is C14H13F2NO2. The summed E-state index contributed by atoms with van der Waals surface area (Å²) in [5.74, 6) is -0.869. The van der Waals surface area contributed by atoms with E-state index >= 15 is 0 Å². The smallest absolute Gasteiger partial charge is 0.212 e. The summed E-state index contributed by atoms with van der Waals surface area (Å²) in [7, 11) is 1.49. The van der Waals surface area contributed by atoms with Gasteiger partial charge in [-0.05, 0) is 23.3 Å². The van der Waals surface area contributed by atoms with Crippen LogP contribution in [0.3, 0.4) is 0 Å². The van der Waals surface area contributed by atoms with Crippen LogP contribution in [-0.4, -0.2) is 17.2 Å². The van der Waals surface area contributed by atoms with Crippen molar-refractivity contribution in [3.8, 4) is 5.88 Å². The summed E-state index contributed by atoms with van der Waals surface area (Å²) in [4.78, 5) is 3.96. The summed E-state index contributed by atoms with van der Waals surface area (Å²) in [5.41, 5.74) is 0.800. The SMILES string of the molecule is COc1ccc(C(O)Cc2ccc(F)cc2F)cn1. The number of halogens is 2. The molecule has 5 heteroatoms. The zero-order chi connectivity index (χ0) is 13.8. The van der Waals surface area contributed by atoms with E-state index in [2.05, 4.69) is 4.98 Å². The molecule has 0 aliphatic rings. The Kier molecular flexibility index (Phi) is 4.06. The van der Waals surface area contributed by atoms with E-state index in [-0.39, 0.29) is 12.0 Å². The van der Waals surface area contributed by atoms with E-state index in [1.54, 1.807) is 12.1 Å². The molecule has 1 heterocycles. The maximum Gasteiger partial charge on any atom is 0.212 e. The standard InChI is InChI=1S/C14H13F2NO2/c1-19-14-5-3-10(8-17-14)13(18)6-9-2-4-11(15)7-12(9)16/h2-5,7-8,13,18H,6H2,1H3. The highest BCUT2D eigenvalue weighted by Gasteiger charge is 2.12. The summed E-state index contributed by atoms with van der Waals surface area (Å²) in [6.07, 6.45) is 0.615. The van der Waals surface area contributed by atoms with Crippen molar-refractivity contribution in [1.82, 2.24) is 4.98 Å². The van der Waals surface area contributed by atoms with E-state index in [0.29, 0.717) is 11.4 Å². The number of methoxy groups -OCH3 is 1. The Labute approximate surface area is 109 Å². The number of aliphatic hydroxyl groups excluding tert-OH is 1. The molecule has 0 spiro atoms. The first kappa shape index (κ1) is 13.4. The summed E-state index contributed by atoms with van der Waals surface area (Å²) in [6, 6.07) is 6.55. The molecule has 2 rings (SSSR count). The third-order valence-electron chi connectivity index (χ3n) is 2.78. The lowest BCUT2D eigenvalue weighted by Crippen LogP contribution is -2.04. The van der Waals surface area contributed by atoms with Gasteiger partial charge in [0, 0.05) is 24.8 Å². The zero-order valence-corrected chi connectivity index (χ0v) is 10.3. The van der Waals surface area contributed by atoms with Crippen LogP contribution in [0.15, 0.2) is 36.5 Å². The van der Waals surface area contributed by atoms with Crippen molar-refractivity contribution in [3.05, 3.63) is 59.3 Å². The summed E-state index contributed by atoms with van der Waals surface area (Å²) in [5, 5.41) is 9.99. The van der Waals surface area contributed by atoms with Gasteiger partial charge in [0.15, 0.2) is 0 Å². The number of benzene rings is 1. The maximum atomic E-state index is 13.5. The lowest BCUT2D eigenvalue weighted by atomic mass is 10.0. The number of aliphatic hydroxyl groups is 1. The van der Waals surface area contributed by atoms with Gasteiger partial charge in [-0.1, -0.05) is 6.07 Å². The molecule has 0 saturated heterocycles. The fourth-order valence-corrected chi connectivity index (χ4v) is 1.72. The van der Waals surface area contributed by atoms with Crippen LogP contribution in [0.25, 0.3) is 0 Å². The molecule has 0 saturated carbocycles. The normalized spacial score (nSPS) is 12.2.